The number of fused-ring (bicyclic) bond motifs is 1. The molecule has 1 fully saturated rings. The van der Waals surface area contributed by atoms with Crippen molar-refractivity contribution in [3.63, 3.8) is 0 Å². The Labute approximate surface area is 157 Å². The molecule has 7 heteroatoms. The molecule has 1 unspecified atom stereocenters. The summed E-state index contributed by atoms with van der Waals surface area (Å²) >= 11 is 0. The van der Waals surface area contributed by atoms with E-state index >= 15 is 0 Å². The number of aliphatic hydroxyl groups excluding tert-OH is 1. The lowest BCUT2D eigenvalue weighted by molar-refractivity contribution is -0.124. The van der Waals surface area contributed by atoms with Crippen LogP contribution in [0.15, 0.2) is 41.1 Å². The van der Waals surface area contributed by atoms with E-state index in [0.717, 1.165) is 24.1 Å². The van der Waals surface area contributed by atoms with E-state index in [1.54, 1.807) is 23.2 Å². The highest BCUT2D eigenvalue weighted by Gasteiger charge is 2.35. The minimum Gasteiger partial charge on any atom is -0.459 e. The van der Waals surface area contributed by atoms with Crippen molar-refractivity contribution in [3.8, 4) is 0 Å². The first-order chi connectivity index (χ1) is 13.1. The maximum absolute atomic E-state index is 13.0. The third kappa shape index (κ3) is 3.73. The maximum Gasteiger partial charge on any atom is 0.289 e. The molecular weight excluding hydrogens is 346 g/mol. The van der Waals surface area contributed by atoms with E-state index in [1.807, 2.05) is 12.1 Å². The molecule has 2 aromatic heterocycles. The van der Waals surface area contributed by atoms with Crippen molar-refractivity contribution in [3.05, 3.63) is 53.7 Å². The molecule has 2 amide bonds. The molecule has 1 aliphatic heterocycles. The van der Waals surface area contributed by atoms with Crippen LogP contribution in [0.5, 0.6) is 0 Å². The summed E-state index contributed by atoms with van der Waals surface area (Å²) in [5.41, 5.74) is 1.61. The van der Waals surface area contributed by atoms with Crippen molar-refractivity contribution >= 4 is 11.8 Å². The van der Waals surface area contributed by atoms with E-state index in [1.165, 1.54) is 6.26 Å². The molecule has 0 saturated heterocycles. The number of pyridine rings is 1. The maximum atomic E-state index is 13.0. The van der Waals surface area contributed by atoms with Gasteiger partial charge in [-0.25, -0.2) is 0 Å². The minimum absolute atomic E-state index is 0.0595. The Hall–Kier alpha value is -2.67. The van der Waals surface area contributed by atoms with Crippen molar-refractivity contribution in [1.29, 1.82) is 0 Å². The van der Waals surface area contributed by atoms with Crippen LogP contribution in [-0.4, -0.2) is 45.5 Å². The van der Waals surface area contributed by atoms with Crippen LogP contribution < -0.4 is 5.32 Å². The second-order valence-electron chi connectivity index (χ2n) is 7.28. The lowest BCUT2D eigenvalue weighted by Gasteiger charge is -2.34. The Morgan fingerprint density at radius 2 is 2.00 bits per heavy atom. The molecule has 0 aromatic carbocycles. The van der Waals surface area contributed by atoms with E-state index < -0.39 is 5.92 Å². The predicted molar refractivity (Wildman–Crippen MR) is 96.8 cm³/mol. The number of carbonyl (C=O) groups excluding carboxylic acids is 2. The van der Waals surface area contributed by atoms with Crippen molar-refractivity contribution in [2.75, 3.05) is 6.54 Å². The second kappa shape index (κ2) is 7.52. The Bertz CT molecular complexity index is 812. The first-order valence-electron chi connectivity index (χ1n) is 9.37. The van der Waals surface area contributed by atoms with Gasteiger partial charge in [-0.05, 0) is 49.4 Å². The van der Waals surface area contributed by atoms with Gasteiger partial charge in [0.15, 0.2) is 5.76 Å². The number of furan rings is 1. The Morgan fingerprint density at radius 1 is 1.19 bits per heavy atom. The van der Waals surface area contributed by atoms with Crippen LogP contribution in [0.3, 0.4) is 0 Å². The number of rotatable bonds is 3. The molecule has 0 bridgehead atoms. The first kappa shape index (κ1) is 17.7. The number of nitrogens with zero attached hydrogens (tertiary/aromatic N) is 2. The third-order valence-corrected chi connectivity index (χ3v) is 5.40. The smallest absolute Gasteiger partial charge is 0.289 e. The van der Waals surface area contributed by atoms with Crippen molar-refractivity contribution in [2.45, 2.75) is 50.3 Å². The molecule has 1 saturated carbocycles. The quantitative estimate of drug-likeness (QED) is 0.861. The van der Waals surface area contributed by atoms with Crippen molar-refractivity contribution in [2.24, 2.45) is 0 Å². The van der Waals surface area contributed by atoms with E-state index in [0.29, 0.717) is 19.4 Å². The molecule has 3 heterocycles. The van der Waals surface area contributed by atoms with Gasteiger partial charge in [-0.1, -0.05) is 6.07 Å². The number of nitrogens with one attached hydrogen (secondary N) is 1. The fraction of sp³-hybridized carbons (Fsp3) is 0.450. The number of hydrogen-bond acceptors (Lipinski definition) is 5. The van der Waals surface area contributed by atoms with Gasteiger partial charge in [-0.2, -0.15) is 0 Å². The van der Waals surface area contributed by atoms with Gasteiger partial charge in [0.05, 0.1) is 24.0 Å². The van der Waals surface area contributed by atoms with E-state index in [9.17, 15) is 14.7 Å². The molecule has 0 radical (unpaired) electrons. The molecule has 2 aliphatic rings. The monoisotopic (exact) mass is 369 g/mol. The molecule has 142 valence electrons. The fourth-order valence-electron chi connectivity index (χ4n) is 3.92. The number of aromatic nitrogens is 1. The largest absolute Gasteiger partial charge is 0.459 e. The van der Waals surface area contributed by atoms with Crippen LogP contribution >= 0.6 is 0 Å². The van der Waals surface area contributed by atoms with Crippen LogP contribution in [0.4, 0.5) is 0 Å². The van der Waals surface area contributed by atoms with Crippen LogP contribution in [0.25, 0.3) is 0 Å². The van der Waals surface area contributed by atoms with Crippen molar-refractivity contribution in [1.82, 2.24) is 15.2 Å². The summed E-state index contributed by atoms with van der Waals surface area (Å²) in [6, 6.07) is 7.08. The molecule has 1 atom stereocenters. The van der Waals surface area contributed by atoms with Gasteiger partial charge < -0.3 is 19.7 Å². The van der Waals surface area contributed by atoms with Crippen molar-refractivity contribution < 1.29 is 19.1 Å². The highest BCUT2D eigenvalue weighted by atomic mass is 16.3. The first-order valence-corrected chi connectivity index (χ1v) is 9.37. The molecule has 0 spiro atoms. The number of aliphatic hydroxyl groups is 1. The van der Waals surface area contributed by atoms with Gasteiger partial charge in [0.25, 0.3) is 5.91 Å². The molecule has 7 nitrogen and oxygen atoms in total. The highest BCUT2D eigenvalue weighted by Crippen LogP contribution is 2.29. The average Bonchev–Trinajstić information content (AvgIpc) is 3.23. The number of carbonyl (C=O) groups is 2. The minimum atomic E-state index is -0.513. The summed E-state index contributed by atoms with van der Waals surface area (Å²) in [7, 11) is 0. The van der Waals surface area contributed by atoms with Gasteiger partial charge in [-0.3, -0.25) is 14.6 Å². The Balaban J connectivity index is 1.53. The van der Waals surface area contributed by atoms with Gasteiger partial charge in [0.2, 0.25) is 5.91 Å². The standard InChI is InChI=1S/C20H23N3O4/c24-15-7-5-14(6-8-15)22-19(25)16-12-23(20(26)17-4-2-10-27-17)11-13-3-1-9-21-18(13)16/h1-4,9-10,14-16,24H,5-8,11-12H2,(H,22,25). The van der Waals surface area contributed by atoms with Crippen LogP contribution in [0.1, 0.15) is 53.4 Å². The molecule has 2 aromatic rings. The van der Waals surface area contributed by atoms with E-state index in [2.05, 4.69) is 10.3 Å². The van der Waals surface area contributed by atoms with E-state index in [4.69, 9.17) is 4.42 Å². The normalized spacial score (nSPS) is 24.9. The Morgan fingerprint density at radius 3 is 2.74 bits per heavy atom. The van der Waals surface area contributed by atoms with Crippen LogP contribution in [0, 0.1) is 0 Å². The Kier molecular flexibility index (Phi) is 4.94. The molecule has 1 aliphatic carbocycles. The van der Waals surface area contributed by atoms with Crippen LogP contribution in [0.2, 0.25) is 0 Å². The zero-order valence-electron chi connectivity index (χ0n) is 15.0. The highest BCUT2D eigenvalue weighted by molar-refractivity contribution is 5.93. The summed E-state index contributed by atoms with van der Waals surface area (Å²) < 4.78 is 5.23. The SMILES string of the molecule is O=C(NC1CCC(O)CC1)C1CN(C(=O)c2ccco2)Cc2cccnc21. The summed E-state index contributed by atoms with van der Waals surface area (Å²) in [4.78, 5) is 31.8. The fourth-order valence-corrected chi connectivity index (χ4v) is 3.92. The summed E-state index contributed by atoms with van der Waals surface area (Å²) in [5, 5.41) is 12.7. The topological polar surface area (TPSA) is 95.7 Å². The van der Waals surface area contributed by atoms with Crippen LogP contribution in [-0.2, 0) is 11.3 Å². The summed E-state index contributed by atoms with van der Waals surface area (Å²) in [5.74, 6) is -0.593. The summed E-state index contributed by atoms with van der Waals surface area (Å²) in [6.45, 7) is 0.673. The van der Waals surface area contributed by atoms with Gasteiger partial charge in [0.1, 0.15) is 0 Å². The lowest BCUT2D eigenvalue weighted by Crippen LogP contribution is -2.47. The predicted octanol–water partition coefficient (Wildman–Crippen LogP) is 1.83. The number of amides is 2. The lowest BCUT2D eigenvalue weighted by atomic mass is 9.90. The molecular formula is C20H23N3O4. The van der Waals surface area contributed by atoms with Gasteiger partial charge in [-0.15, -0.1) is 0 Å². The zero-order valence-corrected chi connectivity index (χ0v) is 15.0. The molecule has 27 heavy (non-hydrogen) atoms. The number of hydrogen-bond donors (Lipinski definition) is 2. The zero-order chi connectivity index (χ0) is 18.8. The van der Waals surface area contributed by atoms with Gasteiger partial charge >= 0.3 is 0 Å². The van der Waals surface area contributed by atoms with Gasteiger partial charge in [0, 0.05) is 25.3 Å². The molecule has 2 N–H and O–H groups in total. The second-order valence-corrected chi connectivity index (χ2v) is 7.28. The average molecular weight is 369 g/mol. The van der Waals surface area contributed by atoms with E-state index in [-0.39, 0.29) is 36.3 Å². The summed E-state index contributed by atoms with van der Waals surface area (Å²) in [6.07, 6.45) is 5.82. The molecule has 4 rings (SSSR count). The third-order valence-electron chi connectivity index (χ3n) is 5.40.